The van der Waals surface area contributed by atoms with Gasteiger partial charge in [0.2, 0.25) is 11.8 Å². The van der Waals surface area contributed by atoms with Gasteiger partial charge in [-0.25, -0.2) is 0 Å². The molecule has 1 saturated heterocycles. The van der Waals surface area contributed by atoms with Crippen LogP contribution >= 0.6 is 0 Å². The first-order chi connectivity index (χ1) is 14.5. The fourth-order valence-corrected chi connectivity index (χ4v) is 4.09. The second kappa shape index (κ2) is 8.97. The van der Waals surface area contributed by atoms with Gasteiger partial charge in [0.15, 0.2) is 5.82 Å². The fourth-order valence-electron chi connectivity index (χ4n) is 4.09. The van der Waals surface area contributed by atoms with Crippen molar-refractivity contribution in [3.63, 3.8) is 0 Å². The summed E-state index contributed by atoms with van der Waals surface area (Å²) in [7, 11) is 0. The molecule has 0 bridgehead atoms. The molecule has 8 heteroatoms. The number of nitrogens with zero attached hydrogens (tertiary/aromatic N) is 5. The number of anilines is 1. The molecule has 1 fully saturated rings. The Bertz CT molecular complexity index is 925. The number of aromatic nitrogens is 2. The molecule has 1 unspecified atom stereocenters. The van der Waals surface area contributed by atoms with Crippen LogP contribution in [0.1, 0.15) is 37.0 Å². The highest BCUT2D eigenvalue weighted by Gasteiger charge is 2.27. The molecule has 2 aliphatic rings. The Morgan fingerprint density at radius 3 is 2.90 bits per heavy atom. The van der Waals surface area contributed by atoms with Crippen molar-refractivity contribution in [3.05, 3.63) is 47.6 Å². The van der Waals surface area contributed by atoms with Crippen LogP contribution in [0.15, 0.2) is 34.9 Å². The minimum atomic E-state index is 0.123. The van der Waals surface area contributed by atoms with Crippen molar-refractivity contribution in [2.24, 2.45) is 0 Å². The van der Waals surface area contributed by atoms with Gasteiger partial charge in [0.05, 0.1) is 0 Å². The molecular weight excluding hydrogens is 382 g/mol. The molecule has 4 rings (SSSR count). The van der Waals surface area contributed by atoms with E-state index in [1.165, 1.54) is 16.3 Å². The Labute approximate surface area is 176 Å². The first-order valence-corrected chi connectivity index (χ1v) is 10.6. The van der Waals surface area contributed by atoms with Crippen LogP contribution in [0.3, 0.4) is 0 Å². The lowest BCUT2D eigenvalue weighted by Gasteiger charge is -2.41. The van der Waals surface area contributed by atoms with Crippen LogP contribution in [-0.4, -0.2) is 70.0 Å². The van der Waals surface area contributed by atoms with Crippen molar-refractivity contribution in [2.45, 2.75) is 39.2 Å². The molecule has 1 N–H and O–H groups in total. The predicted molar refractivity (Wildman–Crippen MR) is 113 cm³/mol. The zero-order valence-electron chi connectivity index (χ0n) is 17.6. The van der Waals surface area contributed by atoms with Crippen LogP contribution < -0.4 is 4.90 Å². The number of amides is 1. The summed E-state index contributed by atoms with van der Waals surface area (Å²) in [5.74, 6) is 1.17. The molecule has 1 aromatic carbocycles. The van der Waals surface area contributed by atoms with Gasteiger partial charge < -0.3 is 19.5 Å². The Morgan fingerprint density at radius 2 is 2.17 bits per heavy atom. The molecule has 0 spiro atoms. The van der Waals surface area contributed by atoms with Crippen molar-refractivity contribution in [3.8, 4) is 0 Å². The summed E-state index contributed by atoms with van der Waals surface area (Å²) in [6.07, 6.45) is 3.38. The highest BCUT2D eigenvalue weighted by atomic mass is 16.5. The third-order valence-corrected chi connectivity index (χ3v) is 5.81. The van der Waals surface area contributed by atoms with E-state index in [4.69, 9.17) is 4.52 Å². The second-order valence-electron chi connectivity index (χ2n) is 8.12. The minimum Gasteiger partial charge on any atom is -0.365 e. The third-order valence-electron chi connectivity index (χ3n) is 5.81. The molecule has 0 aliphatic carbocycles. The molecular formula is C22H29N5O3. The van der Waals surface area contributed by atoms with Crippen LogP contribution in [0, 0.1) is 6.92 Å². The van der Waals surface area contributed by atoms with Crippen LogP contribution in [0.4, 0.5) is 5.69 Å². The average Bonchev–Trinajstić information content (AvgIpc) is 3.21. The SMILES string of the molecule is Cc1cccc(N2CCN(C(=O)CCc3nc(C4=CCN(O)CC4)no3)CC2C)c1. The van der Waals surface area contributed by atoms with E-state index >= 15 is 0 Å². The van der Waals surface area contributed by atoms with E-state index < -0.39 is 0 Å². The van der Waals surface area contributed by atoms with E-state index in [0.29, 0.717) is 50.6 Å². The zero-order valence-corrected chi connectivity index (χ0v) is 17.6. The number of aryl methyl sites for hydroxylation is 2. The lowest BCUT2D eigenvalue weighted by Crippen LogP contribution is -2.53. The van der Waals surface area contributed by atoms with Crippen LogP contribution in [0.5, 0.6) is 0 Å². The maximum Gasteiger partial charge on any atom is 0.227 e. The normalized spacial score (nSPS) is 20.4. The first kappa shape index (κ1) is 20.6. The molecule has 8 nitrogen and oxygen atoms in total. The Morgan fingerprint density at radius 1 is 1.30 bits per heavy atom. The molecule has 0 radical (unpaired) electrons. The molecule has 1 aromatic heterocycles. The Hall–Kier alpha value is -2.71. The van der Waals surface area contributed by atoms with E-state index in [2.05, 4.69) is 53.2 Å². The van der Waals surface area contributed by atoms with Crippen molar-refractivity contribution in [2.75, 3.05) is 37.6 Å². The fraction of sp³-hybridized carbons (Fsp3) is 0.500. The Kier molecular flexibility index (Phi) is 6.15. The number of carbonyl (C=O) groups is 1. The van der Waals surface area contributed by atoms with E-state index in [-0.39, 0.29) is 11.9 Å². The van der Waals surface area contributed by atoms with E-state index in [9.17, 15) is 10.0 Å². The van der Waals surface area contributed by atoms with Gasteiger partial charge in [0, 0.05) is 57.3 Å². The van der Waals surface area contributed by atoms with Crippen LogP contribution in [-0.2, 0) is 11.2 Å². The molecule has 3 heterocycles. The van der Waals surface area contributed by atoms with E-state index in [1.54, 1.807) is 0 Å². The van der Waals surface area contributed by atoms with Crippen molar-refractivity contribution < 1.29 is 14.5 Å². The van der Waals surface area contributed by atoms with Gasteiger partial charge in [-0.1, -0.05) is 23.4 Å². The minimum absolute atomic E-state index is 0.123. The molecule has 1 amide bonds. The summed E-state index contributed by atoms with van der Waals surface area (Å²) in [6.45, 7) is 7.55. The number of rotatable bonds is 5. The van der Waals surface area contributed by atoms with Crippen molar-refractivity contribution in [1.82, 2.24) is 20.1 Å². The smallest absolute Gasteiger partial charge is 0.227 e. The summed E-state index contributed by atoms with van der Waals surface area (Å²) in [5, 5.41) is 14.7. The van der Waals surface area contributed by atoms with Gasteiger partial charge >= 0.3 is 0 Å². The Balaban J connectivity index is 1.29. The highest BCUT2D eigenvalue weighted by molar-refractivity contribution is 5.76. The summed E-state index contributed by atoms with van der Waals surface area (Å²) < 4.78 is 5.33. The van der Waals surface area contributed by atoms with Crippen molar-refractivity contribution >= 4 is 17.2 Å². The third kappa shape index (κ3) is 4.71. The molecule has 160 valence electrons. The standard InChI is InChI=1S/C22H29N5O3/c1-16-4-3-5-19(14-16)27-13-12-25(15-17(27)2)21(28)7-6-20-23-22(24-30-20)18-8-10-26(29)11-9-18/h3-5,8,14,17,29H,6-7,9-13,15H2,1-2H3. The van der Waals surface area contributed by atoms with Gasteiger partial charge in [0.1, 0.15) is 0 Å². The summed E-state index contributed by atoms with van der Waals surface area (Å²) >= 11 is 0. The highest BCUT2D eigenvalue weighted by Crippen LogP contribution is 2.23. The van der Waals surface area contributed by atoms with Gasteiger partial charge in [-0.2, -0.15) is 10.0 Å². The average molecular weight is 412 g/mol. The van der Waals surface area contributed by atoms with E-state index in [1.807, 2.05) is 11.0 Å². The van der Waals surface area contributed by atoms with Gasteiger partial charge in [-0.15, -0.1) is 0 Å². The second-order valence-corrected chi connectivity index (χ2v) is 8.12. The molecule has 0 saturated carbocycles. The number of hydrogen-bond acceptors (Lipinski definition) is 7. The lowest BCUT2D eigenvalue weighted by atomic mass is 10.1. The van der Waals surface area contributed by atoms with Crippen LogP contribution in [0.25, 0.3) is 5.57 Å². The topological polar surface area (TPSA) is 85.9 Å². The monoisotopic (exact) mass is 411 g/mol. The van der Waals surface area contributed by atoms with Gasteiger partial charge in [-0.05, 0) is 43.5 Å². The maximum atomic E-state index is 12.7. The summed E-state index contributed by atoms with van der Waals surface area (Å²) in [5.41, 5.74) is 3.44. The van der Waals surface area contributed by atoms with Gasteiger partial charge in [-0.3, -0.25) is 4.79 Å². The lowest BCUT2D eigenvalue weighted by molar-refractivity contribution is -0.132. The van der Waals surface area contributed by atoms with E-state index in [0.717, 1.165) is 18.7 Å². The zero-order chi connectivity index (χ0) is 21.1. The number of piperazine rings is 1. The number of hydroxylamine groups is 2. The maximum absolute atomic E-state index is 12.7. The molecule has 30 heavy (non-hydrogen) atoms. The molecule has 1 atom stereocenters. The number of hydrogen-bond donors (Lipinski definition) is 1. The molecule has 2 aliphatic heterocycles. The first-order valence-electron chi connectivity index (χ1n) is 10.6. The summed E-state index contributed by atoms with van der Waals surface area (Å²) in [4.78, 5) is 21.5. The quantitative estimate of drug-likeness (QED) is 0.809. The number of benzene rings is 1. The summed E-state index contributed by atoms with van der Waals surface area (Å²) in [6, 6.07) is 8.78. The van der Waals surface area contributed by atoms with Gasteiger partial charge in [0.25, 0.3) is 0 Å². The number of carbonyl (C=O) groups excluding carboxylic acids is 1. The predicted octanol–water partition coefficient (Wildman–Crippen LogP) is 2.53. The largest absolute Gasteiger partial charge is 0.365 e. The van der Waals surface area contributed by atoms with Crippen LogP contribution in [0.2, 0.25) is 0 Å². The van der Waals surface area contributed by atoms with Crippen molar-refractivity contribution in [1.29, 1.82) is 0 Å². The molecule has 2 aromatic rings.